The number of aromatic nitrogens is 1. The smallest absolute Gasteiger partial charge is 0.137 e. The third-order valence-electron chi connectivity index (χ3n) is 3.37. The lowest BCUT2D eigenvalue weighted by Crippen LogP contribution is -2.03. The fraction of sp³-hybridized carbons (Fsp3) is 0.150. The number of rotatable bonds is 3. The van der Waals surface area contributed by atoms with E-state index >= 15 is 0 Å². The zero-order chi connectivity index (χ0) is 20.6. The van der Waals surface area contributed by atoms with Crippen LogP contribution in [-0.2, 0) is 14.3 Å². The van der Waals surface area contributed by atoms with E-state index in [1.165, 1.54) is 17.4 Å². The molecule has 0 saturated heterocycles. The van der Waals surface area contributed by atoms with Crippen molar-refractivity contribution in [2.45, 2.75) is 30.7 Å². The summed E-state index contributed by atoms with van der Waals surface area (Å²) in [7, 11) is -2.77. The van der Waals surface area contributed by atoms with Gasteiger partial charge in [-0.1, -0.05) is 37.6 Å². The van der Waals surface area contributed by atoms with Crippen LogP contribution in [0.1, 0.15) is 18.7 Å². The van der Waals surface area contributed by atoms with Crippen molar-refractivity contribution in [1.29, 1.82) is 0 Å². The van der Waals surface area contributed by atoms with E-state index in [-0.39, 0.29) is 5.82 Å². The molecule has 0 aliphatic carbocycles. The predicted molar refractivity (Wildman–Crippen MR) is 114 cm³/mol. The summed E-state index contributed by atoms with van der Waals surface area (Å²) in [4.78, 5) is 13.7. The highest BCUT2D eigenvalue weighted by Gasteiger charge is 2.20. The van der Waals surface area contributed by atoms with Crippen LogP contribution in [0.3, 0.4) is 0 Å². The fourth-order valence-corrected chi connectivity index (χ4v) is 5.25. The Labute approximate surface area is 168 Å². The molecule has 1 heterocycles. The molecule has 3 aromatic rings. The zero-order valence-electron chi connectivity index (χ0n) is 15.4. The molecule has 3 nitrogen and oxygen atoms in total. The average Bonchev–Trinajstić information content (AvgIpc) is 3.08. The van der Waals surface area contributed by atoms with Crippen molar-refractivity contribution >= 4 is 45.1 Å². The van der Waals surface area contributed by atoms with Crippen LogP contribution in [0.5, 0.6) is 0 Å². The quantitative estimate of drug-likeness (QED) is 0.492. The Morgan fingerprint density at radius 3 is 2.19 bits per heavy atom. The van der Waals surface area contributed by atoms with Gasteiger partial charge in [0.15, 0.2) is 0 Å². The number of carbonyl (C=O) groups excluding carboxylic acids is 1. The Morgan fingerprint density at radius 1 is 1.07 bits per heavy atom. The molecule has 1 atom stereocenters. The Kier molecular flexibility index (Phi) is 8.82. The number of aryl methyl sites for hydroxylation is 1. The number of carbonyl (C=O) groups is 1. The number of hydrogen-bond acceptors (Lipinski definition) is 4. The lowest BCUT2D eigenvalue weighted by Gasteiger charge is -2.07. The fourth-order valence-electron chi connectivity index (χ4n) is 2.20. The van der Waals surface area contributed by atoms with Gasteiger partial charge in [-0.05, 0) is 49.2 Å². The third kappa shape index (κ3) is 5.25. The maximum Gasteiger partial charge on any atom is 0.137 e. The molecule has 0 aliphatic rings. The number of benzene rings is 2. The first-order valence-corrected chi connectivity index (χ1v) is 11.0. The van der Waals surface area contributed by atoms with Gasteiger partial charge >= 0.3 is 0 Å². The molecular weight excluding hydrogens is 405 g/mol. The van der Waals surface area contributed by atoms with Crippen LogP contribution >= 0.6 is 22.9 Å². The van der Waals surface area contributed by atoms with Gasteiger partial charge in [-0.25, -0.2) is 9.37 Å². The zero-order valence-corrected chi connectivity index (χ0v) is 17.8. The molecule has 27 heavy (non-hydrogen) atoms. The van der Waals surface area contributed by atoms with Crippen molar-refractivity contribution in [2.24, 2.45) is 0 Å². The standard InChI is InChI=1S/C17H13ClFNOS2.C2H6.CH2O/c1-11-17(23(2,21)13-9-7-12(18)8-10-13)20-16(22-11)14-5-3-4-6-15(14)19;2*1-2/h3-10H,2H2,1H3;1-2H3;1H2. The van der Waals surface area contributed by atoms with Crippen molar-refractivity contribution in [3.8, 4) is 10.6 Å². The highest BCUT2D eigenvalue weighted by molar-refractivity contribution is 8.00. The van der Waals surface area contributed by atoms with E-state index in [0.717, 1.165) is 4.88 Å². The molecule has 7 heteroatoms. The molecule has 3 rings (SSSR count). The number of thiazole rings is 1. The maximum atomic E-state index is 13.9. The summed E-state index contributed by atoms with van der Waals surface area (Å²) in [6.45, 7) is 7.82. The Hall–Kier alpha value is -2.02. The van der Waals surface area contributed by atoms with E-state index in [1.54, 1.807) is 42.5 Å². The summed E-state index contributed by atoms with van der Waals surface area (Å²) in [5, 5.41) is 1.45. The summed E-state index contributed by atoms with van der Waals surface area (Å²) in [6, 6.07) is 13.1. The van der Waals surface area contributed by atoms with Crippen LogP contribution in [0.4, 0.5) is 4.39 Å². The predicted octanol–water partition coefficient (Wildman–Crippen LogP) is 5.89. The molecule has 0 radical (unpaired) electrons. The monoisotopic (exact) mass is 425 g/mol. The van der Waals surface area contributed by atoms with Crippen molar-refractivity contribution in [2.75, 3.05) is 0 Å². The van der Waals surface area contributed by atoms with Gasteiger partial charge in [0.05, 0.1) is 0 Å². The van der Waals surface area contributed by atoms with Crippen molar-refractivity contribution < 1.29 is 13.4 Å². The van der Waals surface area contributed by atoms with Gasteiger partial charge in [0.2, 0.25) is 0 Å². The number of hydrogen-bond donors (Lipinski definition) is 0. The maximum absolute atomic E-state index is 13.9. The molecule has 2 aromatic carbocycles. The normalized spacial score (nSPS) is 12.0. The second-order valence-electron chi connectivity index (χ2n) is 4.99. The second-order valence-corrected chi connectivity index (χ2v) is 8.84. The van der Waals surface area contributed by atoms with Gasteiger partial charge in [0, 0.05) is 29.9 Å². The van der Waals surface area contributed by atoms with Crippen LogP contribution in [-0.4, -0.2) is 21.9 Å². The number of halogens is 2. The van der Waals surface area contributed by atoms with Crippen molar-refractivity contribution in [3.63, 3.8) is 0 Å². The molecule has 0 spiro atoms. The van der Waals surface area contributed by atoms with Crippen molar-refractivity contribution in [1.82, 2.24) is 4.98 Å². The topological polar surface area (TPSA) is 47.0 Å². The van der Waals surface area contributed by atoms with Crippen LogP contribution in [0.2, 0.25) is 5.02 Å². The van der Waals surface area contributed by atoms with Gasteiger partial charge < -0.3 is 4.79 Å². The minimum atomic E-state index is -2.77. The summed E-state index contributed by atoms with van der Waals surface area (Å²) in [6.07, 6.45) is 0. The minimum absolute atomic E-state index is 0.352. The average molecular weight is 426 g/mol. The second kappa shape index (κ2) is 10.3. The Morgan fingerprint density at radius 2 is 1.63 bits per heavy atom. The summed E-state index contributed by atoms with van der Waals surface area (Å²) in [5.74, 6) is 3.51. The summed E-state index contributed by atoms with van der Waals surface area (Å²) in [5.41, 5.74) is 0.401. The Balaban J connectivity index is 0.000000855. The summed E-state index contributed by atoms with van der Waals surface area (Å²) < 4.78 is 27.1. The molecular formula is C20H21ClFNO2S2. The Bertz CT molecular complexity index is 983. The van der Waals surface area contributed by atoms with Gasteiger partial charge in [0.25, 0.3) is 0 Å². The first kappa shape index (κ1) is 23.0. The molecule has 1 unspecified atom stereocenters. The van der Waals surface area contributed by atoms with Crippen LogP contribution in [0, 0.1) is 12.7 Å². The van der Waals surface area contributed by atoms with E-state index in [0.29, 0.717) is 25.5 Å². The highest BCUT2D eigenvalue weighted by atomic mass is 35.5. The minimum Gasteiger partial charge on any atom is -0.307 e. The first-order chi connectivity index (χ1) is 12.9. The van der Waals surface area contributed by atoms with Gasteiger partial charge in [-0.2, -0.15) is 0 Å². The van der Waals surface area contributed by atoms with Crippen molar-refractivity contribution in [3.05, 3.63) is 64.2 Å². The lowest BCUT2D eigenvalue weighted by atomic mass is 10.2. The van der Waals surface area contributed by atoms with E-state index in [2.05, 4.69) is 10.9 Å². The van der Waals surface area contributed by atoms with E-state index < -0.39 is 9.52 Å². The first-order valence-electron chi connectivity index (χ1n) is 8.03. The lowest BCUT2D eigenvalue weighted by molar-refractivity contribution is -0.0979. The van der Waals surface area contributed by atoms with E-state index in [4.69, 9.17) is 16.4 Å². The van der Waals surface area contributed by atoms with Gasteiger partial charge in [-0.15, -0.1) is 11.3 Å². The third-order valence-corrected chi connectivity index (χ3v) is 6.81. The highest BCUT2D eigenvalue weighted by Crippen LogP contribution is 2.34. The van der Waals surface area contributed by atoms with E-state index in [1.807, 2.05) is 27.6 Å². The van der Waals surface area contributed by atoms with E-state index in [9.17, 15) is 8.60 Å². The van der Waals surface area contributed by atoms with Crippen LogP contribution in [0.25, 0.3) is 10.6 Å². The van der Waals surface area contributed by atoms with Gasteiger partial charge in [-0.3, -0.25) is 4.21 Å². The largest absolute Gasteiger partial charge is 0.307 e. The van der Waals surface area contributed by atoms with Gasteiger partial charge in [0.1, 0.15) is 22.6 Å². The molecule has 1 aromatic heterocycles. The molecule has 0 N–H and O–H groups in total. The molecule has 0 saturated carbocycles. The molecule has 0 fully saturated rings. The molecule has 144 valence electrons. The molecule has 0 amide bonds. The van der Waals surface area contributed by atoms with Crippen LogP contribution in [0.15, 0.2) is 58.5 Å². The summed E-state index contributed by atoms with van der Waals surface area (Å²) >= 11 is 7.18. The van der Waals surface area contributed by atoms with Crippen LogP contribution < -0.4 is 0 Å². The number of nitrogens with zero attached hydrogens (tertiary/aromatic N) is 1. The SMILES string of the molecule is C=O.C=S(=O)(c1ccc(Cl)cc1)c1nc(-c2ccccc2F)sc1C.CC. The molecule has 0 bridgehead atoms. The molecule has 0 aliphatic heterocycles.